The van der Waals surface area contributed by atoms with E-state index in [9.17, 15) is 9.59 Å². The number of benzene rings is 1. The van der Waals surface area contributed by atoms with Gasteiger partial charge in [-0.1, -0.05) is 39.3 Å². The van der Waals surface area contributed by atoms with Crippen molar-refractivity contribution in [3.05, 3.63) is 29.3 Å². The van der Waals surface area contributed by atoms with E-state index in [2.05, 4.69) is 34.6 Å². The van der Waals surface area contributed by atoms with Gasteiger partial charge < -0.3 is 35.3 Å². The number of ether oxygens (including phenoxy) is 4. The highest BCUT2D eigenvalue weighted by molar-refractivity contribution is 5.87. The van der Waals surface area contributed by atoms with Crippen molar-refractivity contribution in [1.29, 1.82) is 0 Å². The van der Waals surface area contributed by atoms with E-state index in [0.717, 1.165) is 63.4 Å². The van der Waals surface area contributed by atoms with Crippen molar-refractivity contribution in [2.45, 2.75) is 78.0 Å². The minimum Gasteiger partial charge on any atom is -0.493 e. The molecule has 234 valence electrons. The molecule has 1 aliphatic heterocycles. The highest BCUT2D eigenvalue weighted by atomic mass is 16.5. The van der Waals surface area contributed by atoms with Crippen molar-refractivity contribution in [3.8, 4) is 5.75 Å². The first kappa shape index (κ1) is 35.0. The van der Waals surface area contributed by atoms with Gasteiger partial charge in [-0.05, 0) is 42.4 Å². The predicted molar refractivity (Wildman–Crippen MR) is 161 cm³/mol. The molecule has 2 amide bonds. The lowest BCUT2D eigenvalue weighted by Gasteiger charge is -2.27. The van der Waals surface area contributed by atoms with Crippen LogP contribution in [-0.4, -0.2) is 95.1 Å². The van der Waals surface area contributed by atoms with Gasteiger partial charge >= 0.3 is 0 Å². The molecule has 1 fully saturated rings. The molecule has 4 N–H and O–H groups in total. The number of nitrogens with zero attached hydrogens (tertiary/aromatic N) is 1. The van der Waals surface area contributed by atoms with Crippen LogP contribution in [0.25, 0.3) is 0 Å². The predicted octanol–water partition coefficient (Wildman–Crippen LogP) is 2.66. The minimum atomic E-state index is -0.540. The van der Waals surface area contributed by atoms with Gasteiger partial charge in [0.2, 0.25) is 11.8 Å². The number of nitrogens with one attached hydrogen (secondary N) is 2. The summed E-state index contributed by atoms with van der Waals surface area (Å²) < 4.78 is 22.3. The van der Waals surface area contributed by atoms with E-state index in [4.69, 9.17) is 24.7 Å². The van der Waals surface area contributed by atoms with Crippen molar-refractivity contribution in [2.24, 2.45) is 11.7 Å². The number of amides is 2. The van der Waals surface area contributed by atoms with Crippen LogP contribution in [-0.2, 0) is 36.8 Å². The Morgan fingerprint density at radius 3 is 2.63 bits per heavy atom. The molecule has 2 unspecified atom stereocenters. The Balaban J connectivity index is 1.68. The van der Waals surface area contributed by atoms with E-state index in [-0.39, 0.29) is 23.8 Å². The SMILES string of the molecule is CCc1ccc(COCC(N)CCCC(=O)NC(C(=O)NCCN2CCOCC2)[C@@H](C)CC)cc1OCCCOC. The average Bonchev–Trinajstić information content (AvgIpc) is 2.98. The fourth-order valence-electron chi connectivity index (χ4n) is 4.66. The third-order valence-corrected chi connectivity index (χ3v) is 7.49. The van der Waals surface area contributed by atoms with Gasteiger partial charge in [0.25, 0.3) is 0 Å². The third-order valence-electron chi connectivity index (χ3n) is 7.49. The molecule has 0 spiro atoms. The second-order valence-corrected chi connectivity index (χ2v) is 10.8. The van der Waals surface area contributed by atoms with Gasteiger partial charge in [0, 0.05) is 58.8 Å². The lowest BCUT2D eigenvalue weighted by Crippen LogP contribution is -2.51. The number of rotatable bonds is 21. The van der Waals surface area contributed by atoms with Crippen LogP contribution >= 0.6 is 0 Å². The Kier molecular flexibility index (Phi) is 17.6. The smallest absolute Gasteiger partial charge is 0.242 e. The maximum atomic E-state index is 12.9. The summed E-state index contributed by atoms with van der Waals surface area (Å²) >= 11 is 0. The standard InChI is InChI=1S/C31H54N4O6/c1-5-24(3)30(31(37)33-13-14-35-15-19-39-20-16-35)34-29(36)10-7-9-27(32)23-40-22-25-11-12-26(6-2)28(21-25)41-18-8-17-38-4/h11-12,21,24,27,30H,5-10,13-20,22-23,32H2,1-4H3,(H,33,37)(H,34,36)/t24-,27?,30?/m0/s1. The fourth-order valence-corrected chi connectivity index (χ4v) is 4.66. The molecule has 10 heteroatoms. The Hall–Kier alpha value is -2.24. The number of methoxy groups -OCH3 is 1. The third kappa shape index (κ3) is 14.0. The van der Waals surface area contributed by atoms with Gasteiger partial charge in [-0.15, -0.1) is 0 Å². The number of carbonyl (C=O) groups is 2. The van der Waals surface area contributed by atoms with Gasteiger partial charge in [-0.2, -0.15) is 0 Å². The molecule has 0 radical (unpaired) electrons. The van der Waals surface area contributed by atoms with Crippen LogP contribution in [0.1, 0.15) is 64.0 Å². The minimum absolute atomic E-state index is 0.0423. The van der Waals surface area contributed by atoms with Crippen LogP contribution in [0.15, 0.2) is 18.2 Å². The summed E-state index contributed by atoms with van der Waals surface area (Å²) in [5.74, 6) is 0.685. The Labute approximate surface area is 247 Å². The molecule has 0 bridgehead atoms. The highest BCUT2D eigenvalue weighted by Gasteiger charge is 2.25. The summed E-state index contributed by atoms with van der Waals surface area (Å²) in [5, 5.41) is 5.96. The highest BCUT2D eigenvalue weighted by Crippen LogP contribution is 2.22. The zero-order valence-corrected chi connectivity index (χ0v) is 25.8. The maximum absolute atomic E-state index is 12.9. The number of aryl methyl sites for hydroxylation is 1. The first-order valence-electron chi connectivity index (χ1n) is 15.3. The van der Waals surface area contributed by atoms with Crippen LogP contribution in [0.2, 0.25) is 0 Å². The van der Waals surface area contributed by atoms with E-state index in [1.165, 1.54) is 5.56 Å². The first-order chi connectivity index (χ1) is 19.9. The zero-order valence-electron chi connectivity index (χ0n) is 25.8. The molecule has 0 aromatic heterocycles. The van der Waals surface area contributed by atoms with Crippen molar-refractivity contribution < 1.29 is 28.5 Å². The van der Waals surface area contributed by atoms with Gasteiger partial charge in [0.1, 0.15) is 11.8 Å². The number of nitrogens with two attached hydrogens (primary N) is 1. The Morgan fingerprint density at radius 1 is 1.15 bits per heavy atom. The second kappa shape index (κ2) is 20.6. The van der Waals surface area contributed by atoms with Crippen molar-refractivity contribution in [2.75, 3.05) is 66.3 Å². The van der Waals surface area contributed by atoms with Crippen LogP contribution < -0.4 is 21.1 Å². The molecule has 1 aromatic rings. The van der Waals surface area contributed by atoms with Crippen molar-refractivity contribution in [1.82, 2.24) is 15.5 Å². The normalized spacial score (nSPS) is 16.1. The molecular formula is C31H54N4O6. The summed E-state index contributed by atoms with van der Waals surface area (Å²) in [6, 6.07) is 5.47. The zero-order chi connectivity index (χ0) is 29.9. The molecule has 1 aromatic carbocycles. The summed E-state index contributed by atoms with van der Waals surface area (Å²) in [7, 11) is 1.69. The molecule has 3 atom stereocenters. The van der Waals surface area contributed by atoms with E-state index < -0.39 is 6.04 Å². The number of carbonyl (C=O) groups excluding carboxylic acids is 2. The summed E-state index contributed by atoms with van der Waals surface area (Å²) in [5.41, 5.74) is 8.47. The van der Waals surface area contributed by atoms with Crippen LogP contribution in [0.4, 0.5) is 0 Å². The lowest BCUT2D eigenvalue weighted by atomic mass is 9.98. The second-order valence-electron chi connectivity index (χ2n) is 10.8. The molecule has 2 rings (SSSR count). The molecule has 1 heterocycles. The topological polar surface area (TPSA) is 124 Å². The maximum Gasteiger partial charge on any atom is 0.242 e. The molecule has 1 aliphatic rings. The summed E-state index contributed by atoms with van der Waals surface area (Å²) in [6.07, 6.45) is 4.16. The van der Waals surface area contributed by atoms with E-state index in [0.29, 0.717) is 52.2 Å². The average molecular weight is 579 g/mol. The van der Waals surface area contributed by atoms with E-state index in [1.54, 1.807) is 7.11 Å². The molecular weight excluding hydrogens is 524 g/mol. The molecule has 0 aliphatic carbocycles. The molecule has 0 saturated carbocycles. The van der Waals surface area contributed by atoms with Gasteiger partial charge in [0.05, 0.1) is 33.0 Å². The van der Waals surface area contributed by atoms with E-state index in [1.807, 2.05) is 19.9 Å². The van der Waals surface area contributed by atoms with E-state index >= 15 is 0 Å². The molecule has 41 heavy (non-hydrogen) atoms. The van der Waals surface area contributed by atoms with Gasteiger partial charge in [0.15, 0.2) is 0 Å². The van der Waals surface area contributed by atoms with Gasteiger partial charge in [-0.3, -0.25) is 14.5 Å². The summed E-state index contributed by atoms with van der Waals surface area (Å²) in [6.45, 7) is 12.8. The van der Waals surface area contributed by atoms with Crippen molar-refractivity contribution >= 4 is 11.8 Å². The fraction of sp³-hybridized carbons (Fsp3) is 0.742. The van der Waals surface area contributed by atoms with Gasteiger partial charge in [-0.25, -0.2) is 0 Å². The Morgan fingerprint density at radius 2 is 1.93 bits per heavy atom. The number of morpholine rings is 1. The van der Waals surface area contributed by atoms with Crippen LogP contribution in [0.3, 0.4) is 0 Å². The molecule has 1 saturated heterocycles. The van der Waals surface area contributed by atoms with Crippen LogP contribution in [0, 0.1) is 5.92 Å². The Bertz CT molecular complexity index is 880. The lowest BCUT2D eigenvalue weighted by molar-refractivity contribution is -0.130. The first-order valence-corrected chi connectivity index (χ1v) is 15.3. The molecule has 10 nitrogen and oxygen atoms in total. The number of hydrogen-bond acceptors (Lipinski definition) is 8. The summed E-state index contributed by atoms with van der Waals surface area (Å²) in [4.78, 5) is 27.8. The van der Waals surface area contributed by atoms with Crippen LogP contribution in [0.5, 0.6) is 5.75 Å². The number of hydrogen-bond donors (Lipinski definition) is 3. The quantitative estimate of drug-likeness (QED) is 0.190. The van der Waals surface area contributed by atoms with Crippen molar-refractivity contribution in [3.63, 3.8) is 0 Å². The monoisotopic (exact) mass is 578 g/mol. The largest absolute Gasteiger partial charge is 0.493 e.